The summed E-state index contributed by atoms with van der Waals surface area (Å²) in [5.41, 5.74) is 3.94. The first-order valence-corrected chi connectivity index (χ1v) is 6.12. The van der Waals surface area contributed by atoms with Gasteiger partial charge < -0.3 is 5.32 Å². The fourth-order valence-electron chi connectivity index (χ4n) is 1.62. The fourth-order valence-corrected chi connectivity index (χ4v) is 2.08. The maximum atomic E-state index is 6.25. The van der Waals surface area contributed by atoms with Crippen molar-refractivity contribution in [2.45, 2.75) is 13.8 Å². The van der Waals surface area contributed by atoms with Crippen molar-refractivity contribution in [2.24, 2.45) is 0 Å². The van der Waals surface area contributed by atoms with Crippen LogP contribution in [0, 0.1) is 13.8 Å². The van der Waals surface area contributed by atoms with Gasteiger partial charge in [0, 0.05) is 5.69 Å². The molecule has 0 radical (unpaired) electrons. The van der Waals surface area contributed by atoms with Crippen LogP contribution < -0.4 is 5.32 Å². The number of hydrogen-bond donors (Lipinski definition) is 1. The molecule has 0 aromatic heterocycles. The van der Waals surface area contributed by atoms with Gasteiger partial charge in [-0.1, -0.05) is 47.5 Å². The quantitative estimate of drug-likeness (QED) is 0.772. The molecule has 0 saturated carbocycles. The molecular weight excluding hydrogens is 253 g/mol. The average molecular weight is 266 g/mol. The second-order valence-corrected chi connectivity index (χ2v) is 4.78. The maximum Gasteiger partial charge on any atom is 0.0765 e. The Morgan fingerprint density at radius 3 is 2.29 bits per heavy atom. The van der Waals surface area contributed by atoms with E-state index in [-0.39, 0.29) is 0 Å². The van der Waals surface area contributed by atoms with E-state index >= 15 is 0 Å². The smallest absolute Gasteiger partial charge is 0.0765 e. The van der Waals surface area contributed by atoms with Crippen LogP contribution in [0.1, 0.15) is 11.1 Å². The fraction of sp³-hybridized carbons (Fsp3) is 0.143. The molecule has 0 aliphatic rings. The number of hydrogen-bond acceptors (Lipinski definition) is 1. The van der Waals surface area contributed by atoms with Crippen molar-refractivity contribution in [3.05, 3.63) is 57.6 Å². The number of para-hydroxylation sites is 1. The van der Waals surface area contributed by atoms with Gasteiger partial charge in [0.25, 0.3) is 0 Å². The van der Waals surface area contributed by atoms with E-state index in [0.29, 0.717) is 10.0 Å². The zero-order chi connectivity index (χ0) is 12.4. The highest BCUT2D eigenvalue weighted by Gasteiger charge is 2.09. The largest absolute Gasteiger partial charge is 0.353 e. The third-order valence-corrected chi connectivity index (χ3v) is 3.49. The van der Waals surface area contributed by atoms with Gasteiger partial charge >= 0.3 is 0 Å². The predicted molar refractivity (Wildman–Crippen MR) is 75.7 cm³/mol. The molecule has 0 heterocycles. The highest BCUT2D eigenvalue weighted by molar-refractivity contribution is 6.39. The number of rotatable bonds is 2. The Kier molecular flexibility index (Phi) is 3.60. The van der Waals surface area contributed by atoms with Crippen molar-refractivity contribution in [1.82, 2.24) is 0 Å². The monoisotopic (exact) mass is 265 g/mol. The minimum absolute atomic E-state index is 0.629. The molecule has 0 saturated heterocycles. The molecule has 0 atom stereocenters. The number of benzene rings is 2. The first kappa shape index (κ1) is 12.3. The molecule has 88 valence electrons. The minimum atomic E-state index is 0.629. The summed E-state index contributed by atoms with van der Waals surface area (Å²) in [7, 11) is 0. The van der Waals surface area contributed by atoms with Crippen LogP contribution in [0.25, 0.3) is 0 Å². The van der Waals surface area contributed by atoms with E-state index in [4.69, 9.17) is 23.2 Å². The van der Waals surface area contributed by atoms with Crippen molar-refractivity contribution >= 4 is 34.6 Å². The maximum absolute atomic E-state index is 6.25. The van der Waals surface area contributed by atoms with E-state index < -0.39 is 0 Å². The van der Waals surface area contributed by atoms with Crippen molar-refractivity contribution in [3.63, 3.8) is 0 Å². The van der Waals surface area contributed by atoms with Crippen molar-refractivity contribution in [2.75, 3.05) is 5.32 Å². The zero-order valence-electron chi connectivity index (χ0n) is 9.72. The molecular formula is C14H13Cl2N. The second kappa shape index (κ2) is 4.99. The van der Waals surface area contributed by atoms with Gasteiger partial charge in [-0.05, 0) is 37.1 Å². The van der Waals surface area contributed by atoms with Crippen LogP contribution in [0.5, 0.6) is 0 Å². The SMILES string of the molecule is Cc1ccccc1Nc1c(Cl)ccc(C)c1Cl. The Morgan fingerprint density at radius 1 is 0.882 bits per heavy atom. The lowest BCUT2D eigenvalue weighted by Gasteiger charge is -2.13. The lowest BCUT2D eigenvalue weighted by atomic mass is 10.1. The summed E-state index contributed by atoms with van der Waals surface area (Å²) in [6.45, 7) is 4.00. The molecule has 0 aliphatic heterocycles. The van der Waals surface area contributed by atoms with Crippen molar-refractivity contribution in [1.29, 1.82) is 0 Å². The highest BCUT2D eigenvalue weighted by atomic mass is 35.5. The van der Waals surface area contributed by atoms with Crippen LogP contribution in [0.4, 0.5) is 11.4 Å². The molecule has 2 aromatic rings. The van der Waals surface area contributed by atoms with Crippen LogP contribution >= 0.6 is 23.2 Å². The van der Waals surface area contributed by atoms with Gasteiger partial charge in [-0.15, -0.1) is 0 Å². The Bertz CT molecular complexity index is 550. The van der Waals surface area contributed by atoms with E-state index in [1.165, 1.54) is 0 Å². The molecule has 0 amide bonds. The molecule has 17 heavy (non-hydrogen) atoms. The van der Waals surface area contributed by atoms with Gasteiger partial charge in [-0.2, -0.15) is 0 Å². The third kappa shape index (κ3) is 2.56. The molecule has 0 spiro atoms. The standard InChI is InChI=1S/C14H13Cl2N/c1-9-5-3-4-6-12(9)17-14-11(15)8-7-10(2)13(14)16/h3-8,17H,1-2H3. The Labute approximate surface area is 111 Å². The Balaban J connectivity index is 2.43. The normalized spacial score (nSPS) is 10.4. The summed E-state index contributed by atoms with van der Waals surface area (Å²) in [6, 6.07) is 11.8. The number of nitrogens with one attached hydrogen (secondary N) is 1. The first-order valence-electron chi connectivity index (χ1n) is 5.37. The molecule has 2 aromatic carbocycles. The molecule has 0 unspecified atom stereocenters. The van der Waals surface area contributed by atoms with Crippen molar-refractivity contribution < 1.29 is 0 Å². The molecule has 1 nitrogen and oxygen atoms in total. The van der Waals surface area contributed by atoms with Crippen LogP contribution in [0.3, 0.4) is 0 Å². The number of aryl methyl sites for hydroxylation is 2. The molecule has 0 fully saturated rings. The van der Waals surface area contributed by atoms with E-state index in [9.17, 15) is 0 Å². The topological polar surface area (TPSA) is 12.0 Å². The minimum Gasteiger partial charge on any atom is -0.353 e. The Hall–Kier alpha value is -1.18. The van der Waals surface area contributed by atoms with Crippen LogP contribution in [0.15, 0.2) is 36.4 Å². The van der Waals surface area contributed by atoms with Crippen LogP contribution in [-0.4, -0.2) is 0 Å². The molecule has 0 aliphatic carbocycles. The van der Waals surface area contributed by atoms with Crippen LogP contribution in [-0.2, 0) is 0 Å². The van der Waals surface area contributed by atoms with E-state index in [0.717, 1.165) is 22.5 Å². The zero-order valence-corrected chi connectivity index (χ0v) is 11.2. The second-order valence-electron chi connectivity index (χ2n) is 3.99. The van der Waals surface area contributed by atoms with E-state index in [1.807, 2.05) is 50.2 Å². The van der Waals surface area contributed by atoms with Gasteiger partial charge in [0.15, 0.2) is 0 Å². The third-order valence-electron chi connectivity index (χ3n) is 2.69. The average Bonchev–Trinajstić information content (AvgIpc) is 2.32. The van der Waals surface area contributed by atoms with Gasteiger partial charge in [0.2, 0.25) is 0 Å². The molecule has 0 bridgehead atoms. The summed E-state index contributed by atoms with van der Waals surface area (Å²) >= 11 is 12.4. The Morgan fingerprint density at radius 2 is 1.59 bits per heavy atom. The summed E-state index contributed by atoms with van der Waals surface area (Å²) in [5, 5.41) is 4.58. The number of anilines is 2. The lowest BCUT2D eigenvalue weighted by molar-refractivity contribution is 1.41. The molecule has 3 heteroatoms. The lowest BCUT2D eigenvalue weighted by Crippen LogP contribution is -1.95. The van der Waals surface area contributed by atoms with Gasteiger partial charge in [0.05, 0.1) is 15.7 Å². The summed E-state index contributed by atoms with van der Waals surface area (Å²) in [4.78, 5) is 0. The summed E-state index contributed by atoms with van der Waals surface area (Å²) in [6.07, 6.45) is 0. The first-order chi connectivity index (χ1) is 8.09. The van der Waals surface area contributed by atoms with Crippen LogP contribution in [0.2, 0.25) is 10.0 Å². The van der Waals surface area contributed by atoms with E-state index in [1.54, 1.807) is 0 Å². The van der Waals surface area contributed by atoms with Gasteiger partial charge in [-0.3, -0.25) is 0 Å². The summed E-state index contributed by atoms with van der Waals surface area (Å²) in [5.74, 6) is 0. The van der Waals surface area contributed by atoms with Gasteiger partial charge in [-0.25, -0.2) is 0 Å². The van der Waals surface area contributed by atoms with Crippen molar-refractivity contribution in [3.8, 4) is 0 Å². The predicted octanol–water partition coefficient (Wildman–Crippen LogP) is 5.35. The molecule has 1 N–H and O–H groups in total. The summed E-state index contributed by atoms with van der Waals surface area (Å²) < 4.78 is 0. The molecule has 2 rings (SSSR count). The van der Waals surface area contributed by atoms with Gasteiger partial charge in [0.1, 0.15) is 0 Å². The number of halogens is 2. The van der Waals surface area contributed by atoms with E-state index in [2.05, 4.69) is 5.32 Å². The highest BCUT2D eigenvalue weighted by Crippen LogP contribution is 2.35.